The molecule has 0 saturated carbocycles. The Balaban J connectivity index is 1.49. The molecule has 0 radical (unpaired) electrons. The molecule has 2 fully saturated rings. The van der Waals surface area contributed by atoms with E-state index in [-0.39, 0.29) is 24.4 Å². The second-order valence-electron chi connectivity index (χ2n) is 8.91. The normalized spacial score (nSPS) is 17.0. The van der Waals surface area contributed by atoms with E-state index >= 15 is 0 Å². The Labute approximate surface area is 210 Å². The first-order valence-corrected chi connectivity index (χ1v) is 12.0. The van der Waals surface area contributed by atoms with Crippen molar-refractivity contribution in [3.8, 4) is 0 Å². The lowest BCUT2D eigenvalue weighted by Crippen LogP contribution is -2.58. The number of aryl methyl sites for hydroxylation is 1. The van der Waals surface area contributed by atoms with Gasteiger partial charge in [-0.1, -0.05) is 41.9 Å². The largest absolute Gasteiger partial charge is 0.351 e. The van der Waals surface area contributed by atoms with Crippen LogP contribution in [-0.2, 0) is 9.59 Å². The Morgan fingerprint density at radius 1 is 1.14 bits per heavy atom. The molecule has 0 atom stereocenters. The van der Waals surface area contributed by atoms with Crippen LogP contribution in [0.15, 0.2) is 61.2 Å². The highest BCUT2D eigenvalue weighted by molar-refractivity contribution is 6.31. The molecular weight excluding hydrogens is 466 g/mol. The van der Waals surface area contributed by atoms with Gasteiger partial charge in [0.15, 0.2) is 0 Å². The summed E-state index contributed by atoms with van der Waals surface area (Å²) in [5.41, 5.74) is 1.69. The highest BCUT2D eigenvalue weighted by Gasteiger charge is 2.54. The molecule has 2 aliphatic heterocycles. The number of carbonyl (C=O) groups excluding carboxylic acids is 3. The maximum Gasteiger partial charge on any atom is 0.321 e. The summed E-state index contributed by atoms with van der Waals surface area (Å²) in [7, 11) is 0. The van der Waals surface area contributed by atoms with Gasteiger partial charge in [-0.05, 0) is 49.6 Å². The van der Waals surface area contributed by atoms with E-state index in [9.17, 15) is 14.4 Å². The fraction of sp³-hybridized carbons (Fsp3) is 0.346. The number of nitrogens with one attached hydrogen (secondary N) is 2. The second-order valence-corrected chi connectivity index (χ2v) is 9.32. The van der Waals surface area contributed by atoms with Crippen LogP contribution in [0.5, 0.6) is 0 Å². The molecule has 35 heavy (non-hydrogen) atoms. The number of amides is 4. The van der Waals surface area contributed by atoms with Crippen molar-refractivity contribution < 1.29 is 14.4 Å². The van der Waals surface area contributed by atoms with Gasteiger partial charge in [0, 0.05) is 36.0 Å². The predicted molar refractivity (Wildman–Crippen MR) is 137 cm³/mol. The molecule has 1 spiro atoms. The monoisotopic (exact) mass is 495 g/mol. The fourth-order valence-corrected chi connectivity index (χ4v) is 4.87. The third-order valence-electron chi connectivity index (χ3n) is 6.66. The number of urea groups is 1. The number of para-hydroxylation sites is 1. The Morgan fingerprint density at radius 3 is 2.51 bits per heavy atom. The van der Waals surface area contributed by atoms with Crippen LogP contribution < -0.4 is 15.5 Å². The summed E-state index contributed by atoms with van der Waals surface area (Å²) in [5.74, 6) is -0.308. The van der Waals surface area contributed by atoms with Crippen LogP contribution in [0.1, 0.15) is 18.4 Å². The maximum absolute atomic E-state index is 13.7. The van der Waals surface area contributed by atoms with Crippen LogP contribution in [0.4, 0.5) is 16.2 Å². The number of halogens is 1. The fourth-order valence-electron chi connectivity index (χ4n) is 4.69. The zero-order valence-electron chi connectivity index (χ0n) is 19.8. The number of hydrogen-bond donors (Lipinski definition) is 2. The third kappa shape index (κ3) is 5.12. The van der Waals surface area contributed by atoms with Gasteiger partial charge in [0.05, 0.1) is 6.67 Å². The van der Waals surface area contributed by atoms with Crippen LogP contribution in [0.3, 0.4) is 0 Å². The van der Waals surface area contributed by atoms with Crippen molar-refractivity contribution >= 4 is 40.8 Å². The molecule has 2 heterocycles. The summed E-state index contributed by atoms with van der Waals surface area (Å²) in [6.07, 6.45) is 2.54. The van der Waals surface area contributed by atoms with E-state index in [1.807, 2.05) is 49.4 Å². The van der Waals surface area contributed by atoms with E-state index < -0.39 is 5.54 Å². The van der Waals surface area contributed by atoms with Gasteiger partial charge in [0.25, 0.3) is 5.91 Å². The van der Waals surface area contributed by atoms with E-state index in [1.54, 1.807) is 21.9 Å². The van der Waals surface area contributed by atoms with Gasteiger partial charge >= 0.3 is 6.03 Å². The summed E-state index contributed by atoms with van der Waals surface area (Å²) >= 11 is 6.19. The lowest BCUT2D eigenvalue weighted by atomic mass is 9.85. The Kier molecular flexibility index (Phi) is 7.31. The average molecular weight is 496 g/mol. The van der Waals surface area contributed by atoms with Crippen LogP contribution in [0.2, 0.25) is 5.02 Å². The molecule has 4 rings (SSSR count). The SMILES string of the molecule is C=CCNC(=O)CN1CN(c2ccccc2)C2(CCN(C(=O)Nc3ccc(C)c(Cl)c3)CC2)C1=O. The van der Waals surface area contributed by atoms with Gasteiger partial charge in [-0.15, -0.1) is 6.58 Å². The van der Waals surface area contributed by atoms with Gasteiger partial charge in [0.1, 0.15) is 12.1 Å². The van der Waals surface area contributed by atoms with Crippen molar-refractivity contribution in [2.45, 2.75) is 25.3 Å². The second kappa shape index (κ2) is 10.4. The lowest BCUT2D eigenvalue weighted by Gasteiger charge is -2.43. The Morgan fingerprint density at radius 2 is 1.86 bits per heavy atom. The van der Waals surface area contributed by atoms with Gasteiger partial charge in [-0.3, -0.25) is 9.59 Å². The number of nitrogens with zero attached hydrogens (tertiary/aromatic N) is 3. The topological polar surface area (TPSA) is 85.0 Å². The molecule has 2 aromatic carbocycles. The molecule has 0 unspecified atom stereocenters. The molecule has 4 amide bonds. The summed E-state index contributed by atoms with van der Waals surface area (Å²) in [6, 6.07) is 14.9. The molecule has 2 aliphatic rings. The quantitative estimate of drug-likeness (QED) is 0.599. The first-order chi connectivity index (χ1) is 16.8. The van der Waals surface area contributed by atoms with Crippen LogP contribution >= 0.6 is 11.6 Å². The zero-order chi connectivity index (χ0) is 25.0. The van der Waals surface area contributed by atoms with Crippen molar-refractivity contribution in [1.29, 1.82) is 0 Å². The molecular formula is C26H30ClN5O3. The summed E-state index contributed by atoms with van der Waals surface area (Å²) in [5, 5.41) is 6.23. The standard InChI is InChI=1S/C26H30ClN5O3/c1-3-13-28-23(33)17-31-18-32(21-7-5-4-6-8-21)26(24(31)34)11-14-30(15-12-26)25(35)29-20-10-9-19(2)22(27)16-20/h3-10,16H,1,11-15,17-18H2,2H3,(H,28,33)(H,29,35). The van der Waals surface area contributed by atoms with E-state index in [4.69, 9.17) is 11.6 Å². The molecule has 9 heteroatoms. The molecule has 2 saturated heterocycles. The van der Waals surface area contributed by atoms with Crippen LogP contribution in [0, 0.1) is 6.92 Å². The van der Waals surface area contributed by atoms with Crippen LogP contribution in [0.25, 0.3) is 0 Å². The number of likely N-dealkylation sites (tertiary alicyclic amines) is 1. The number of anilines is 2. The Bertz CT molecular complexity index is 1120. The van der Waals surface area contributed by atoms with Crippen molar-refractivity contribution in [3.05, 3.63) is 71.8 Å². The highest BCUT2D eigenvalue weighted by atomic mass is 35.5. The minimum Gasteiger partial charge on any atom is -0.351 e. The molecule has 0 bridgehead atoms. The van der Waals surface area contributed by atoms with Gasteiger partial charge in [-0.25, -0.2) is 4.79 Å². The first kappa shape index (κ1) is 24.6. The van der Waals surface area contributed by atoms with E-state index in [0.717, 1.165) is 11.3 Å². The maximum atomic E-state index is 13.7. The molecule has 184 valence electrons. The summed E-state index contributed by atoms with van der Waals surface area (Å²) in [6.45, 7) is 6.99. The van der Waals surface area contributed by atoms with Crippen molar-refractivity contribution in [2.75, 3.05) is 43.1 Å². The van der Waals surface area contributed by atoms with E-state index in [1.165, 1.54) is 0 Å². The molecule has 8 nitrogen and oxygen atoms in total. The van der Waals surface area contributed by atoms with Crippen LogP contribution in [-0.4, -0.2) is 66.0 Å². The molecule has 0 aromatic heterocycles. The number of rotatable bonds is 6. The minimum absolute atomic E-state index is 0.0177. The zero-order valence-corrected chi connectivity index (χ0v) is 20.6. The van der Waals surface area contributed by atoms with E-state index in [0.29, 0.717) is 49.9 Å². The number of piperidine rings is 1. The Hall–Kier alpha value is -3.52. The average Bonchev–Trinajstić information content (AvgIpc) is 3.12. The summed E-state index contributed by atoms with van der Waals surface area (Å²) < 4.78 is 0. The smallest absolute Gasteiger partial charge is 0.321 e. The predicted octanol–water partition coefficient (Wildman–Crippen LogP) is 3.62. The van der Waals surface area contributed by atoms with Gasteiger partial charge in [-0.2, -0.15) is 0 Å². The van der Waals surface area contributed by atoms with Crippen molar-refractivity contribution in [1.82, 2.24) is 15.1 Å². The highest BCUT2D eigenvalue weighted by Crippen LogP contribution is 2.39. The van der Waals surface area contributed by atoms with Gasteiger partial charge in [0.2, 0.25) is 5.91 Å². The van der Waals surface area contributed by atoms with Crippen molar-refractivity contribution in [2.24, 2.45) is 0 Å². The minimum atomic E-state index is -0.802. The van der Waals surface area contributed by atoms with Crippen molar-refractivity contribution in [3.63, 3.8) is 0 Å². The number of benzene rings is 2. The van der Waals surface area contributed by atoms with E-state index in [2.05, 4.69) is 22.1 Å². The number of carbonyl (C=O) groups is 3. The first-order valence-electron chi connectivity index (χ1n) is 11.7. The molecule has 2 aromatic rings. The summed E-state index contributed by atoms with van der Waals surface area (Å²) in [4.78, 5) is 44.3. The number of hydrogen-bond acceptors (Lipinski definition) is 4. The lowest BCUT2D eigenvalue weighted by molar-refractivity contribution is -0.137. The molecule has 2 N–H and O–H groups in total. The molecule has 0 aliphatic carbocycles. The third-order valence-corrected chi connectivity index (χ3v) is 7.07. The van der Waals surface area contributed by atoms with Gasteiger partial charge < -0.3 is 25.3 Å².